The first-order valence-electron chi connectivity index (χ1n) is 10.5. The summed E-state index contributed by atoms with van der Waals surface area (Å²) in [4.78, 5) is 4.70. The topological polar surface area (TPSA) is 76.4 Å². The van der Waals surface area contributed by atoms with Crippen LogP contribution in [0.2, 0.25) is 5.02 Å². The summed E-state index contributed by atoms with van der Waals surface area (Å²) < 4.78 is 7.49. The van der Waals surface area contributed by atoms with Crippen molar-refractivity contribution in [2.75, 3.05) is 26.7 Å². The Labute approximate surface area is 177 Å². The van der Waals surface area contributed by atoms with Gasteiger partial charge in [0.05, 0.1) is 7.11 Å². The average Bonchev–Trinajstić information content (AvgIpc) is 2.95. The van der Waals surface area contributed by atoms with Crippen LogP contribution in [0.1, 0.15) is 43.4 Å². The van der Waals surface area contributed by atoms with Crippen molar-refractivity contribution in [3.05, 3.63) is 40.4 Å². The van der Waals surface area contributed by atoms with E-state index in [9.17, 15) is 0 Å². The van der Waals surface area contributed by atoms with Crippen LogP contribution in [0.15, 0.2) is 23.2 Å². The van der Waals surface area contributed by atoms with E-state index in [1.807, 2.05) is 18.2 Å². The molecule has 1 aromatic carbocycles. The Morgan fingerprint density at radius 3 is 2.90 bits per heavy atom. The maximum absolute atomic E-state index is 6.33. The molecule has 0 unspecified atom stereocenters. The lowest BCUT2D eigenvalue weighted by atomic mass is 10.1. The van der Waals surface area contributed by atoms with Crippen molar-refractivity contribution in [2.45, 2.75) is 52.0 Å². The molecule has 0 saturated heterocycles. The largest absolute Gasteiger partial charge is 0.497 e. The van der Waals surface area contributed by atoms with Gasteiger partial charge in [0.25, 0.3) is 0 Å². The molecule has 2 heterocycles. The summed E-state index contributed by atoms with van der Waals surface area (Å²) >= 11 is 6.33. The van der Waals surface area contributed by atoms with Gasteiger partial charge in [-0.05, 0) is 43.9 Å². The number of hydrogen-bond acceptors (Lipinski definition) is 4. The Hall–Kier alpha value is -2.28. The smallest absolute Gasteiger partial charge is 0.191 e. The minimum atomic E-state index is 0.677. The number of halogens is 1. The van der Waals surface area contributed by atoms with Crippen LogP contribution in [-0.4, -0.2) is 47.5 Å². The van der Waals surface area contributed by atoms with Gasteiger partial charge >= 0.3 is 0 Å². The van der Waals surface area contributed by atoms with Gasteiger partial charge in [0.1, 0.15) is 17.4 Å². The van der Waals surface area contributed by atoms with Crippen LogP contribution in [0, 0.1) is 0 Å². The first-order valence-corrected chi connectivity index (χ1v) is 10.8. The lowest BCUT2D eigenvalue weighted by molar-refractivity contribution is 0.414. The van der Waals surface area contributed by atoms with Gasteiger partial charge in [0, 0.05) is 44.0 Å². The molecule has 0 radical (unpaired) electrons. The number of benzene rings is 1. The number of nitrogens with zero attached hydrogens (tertiary/aromatic N) is 4. The molecule has 2 aromatic rings. The van der Waals surface area contributed by atoms with Crippen LogP contribution < -0.4 is 15.4 Å². The maximum atomic E-state index is 6.33. The Balaban J connectivity index is 1.51. The summed E-state index contributed by atoms with van der Waals surface area (Å²) in [6.45, 7) is 5.34. The molecule has 158 valence electrons. The summed E-state index contributed by atoms with van der Waals surface area (Å²) in [5.74, 6) is 3.76. The van der Waals surface area contributed by atoms with Crippen LogP contribution >= 0.6 is 11.6 Å². The van der Waals surface area contributed by atoms with Crippen LogP contribution in [0.3, 0.4) is 0 Å². The molecule has 0 atom stereocenters. The van der Waals surface area contributed by atoms with Gasteiger partial charge < -0.3 is 19.9 Å². The summed E-state index contributed by atoms with van der Waals surface area (Å²) in [6, 6.07) is 5.78. The van der Waals surface area contributed by atoms with Gasteiger partial charge in [-0.2, -0.15) is 0 Å². The zero-order chi connectivity index (χ0) is 20.5. The van der Waals surface area contributed by atoms with E-state index in [1.165, 1.54) is 19.3 Å². The molecule has 0 spiro atoms. The molecule has 2 N–H and O–H groups in total. The third kappa shape index (κ3) is 6.10. The lowest BCUT2D eigenvalue weighted by Crippen LogP contribution is -2.38. The zero-order valence-electron chi connectivity index (χ0n) is 17.4. The number of hydrogen-bond donors (Lipinski definition) is 2. The third-order valence-electron chi connectivity index (χ3n) is 5.08. The summed E-state index contributed by atoms with van der Waals surface area (Å²) in [6.07, 6.45) is 6.34. The van der Waals surface area contributed by atoms with E-state index in [2.05, 4.69) is 32.3 Å². The minimum absolute atomic E-state index is 0.677. The SMILES string of the molecule is CCNC(=NCCc1nnc2n1CCCCC2)NCCc1ccc(OC)cc1Cl. The van der Waals surface area contributed by atoms with Crippen LogP contribution in [0.25, 0.3) is 0 Å². The number of guanidine groups is 1. The van der Waals surface area contributed by atoms with E-state index in [4.69, 9.17) is 21.3 Å². The van der Waals surface area contributed by atoms with E-state index in [1.54, 1.807) is 7.11 Å². The van der Waals surface area contributed by atoms with Crippen molar-refractivity contribution in [1.29, 1.82) is 0 Å². The number of fused-ring (bicyclic) bond motifs is 1. The van der Waals surface area contributed by atoms with Gasteiger partial charge in [-0.15, -0.1) is 10.2 Å². The van der Waals surface area contributed by atoms with Crippen molar-refractivity contribution < 1.29 is 4.74 Å². The molecule has 0 fully saturated rings. The standard InChI is InChI=1S/C21H31ClN6O/c1-3-23-21(24-12-10-16-8-9-17(29-2)15-18(16)22)25-13-11-20-27-26-19-7-5-4-6-14-28(19)20/h8-9,15H,3-7,10-14H2,1-2H3,(H2,23,24,25). The summed E-state index contributed by atoms with van der Waals surface area (Å²) in [5, 5.41) is 16.2. The second kappa shape index (κ2) is 11.0. The van der Waals surface area contributed by atoms with Gasteiger partial charge in [-0.3, -0.25) is 4.99 Å². The van der Waals surface area contributed by atoms with Crippen LogP contribution in [-0.2, 0) is 25.8 Å². The quantitative estimate of drug-likeness (QED) is 0.509. The Kier molecular flexibility index (Phi) is 8.16. The fraction of sp³-hybridized carbons (Fsp3) is 0.571. The summed E-state index contributed by atoms with van der Waals surface area (Å²) in [5.41, 5.74) is 1.09. The number of nitrogens with one attached hydrogen (secondary N) is 2. The van der Waals surface area contributed by atoms with Gasteiger partial charge in [0.15, 0.2) is 5.96 Å². The van der Waals surface area contributed by atoms with Crippen molar-refractivity contribution in [1.82, 2.24) is 25.4 Å². The number of ether oxygens (including phenoxy) is 1. The molecule has 0 amide bonds. The number of rotatable bonds is 8. The third-order valence-corrected chi connectivity index (χ3v) is 5.43. The number of aromatic nitrogens is 3. The predicted molar refractivity (Wildman–Crippen MR) is 117 cm³/mol. The molecular weight excluding hydrogens is 388 g/mol. The number of aliphatic imine (C=N–C) groups is 1. The second-order valence-corrected chi connectivity index (χ2v) is 7.55. The Morgan fingerprint density at radius 1 is 1.21 bits per heavy atom. The van der Waals surface area contributed by atoms with E-state index < -0.39 is 0 Å². The minimum Gasteiger partial charge on any atom is -0.497 e. The monoisotopic (exact) mass is 418 g/mol. The molecule has 0 aliphatic carbocycles. The van der Waals surface area contributed by atoms with Crippen molar-refractivity contribution in [3.63, 3.8) is 0 Å². The second-order valence-electron chi connectivity index (χ2n) is 7.14. The normalized spacial score (nSPS) is 14.2. The fourth-order valence-corrected chi connectivity index (χ4v) is 3.78. The molecule has 0 bridgehead atoms. The van der Waals surface area contributed by atoms with E-state index in [0.29, 0.717) is 6.54 Å². The molecule has 29 heavy (non-hydrogen) atoms. The highest BCUT2D eigenvalue weighted by Gasteiger charge is 2.14. The first-order chi connectivity index (χ1) is 14.2. The van der Waals surface area contributed by atoms with Crippen molar-refractivity contribution in [2.24, 2.45) is 4.99 Å². The van der Waals surface area contributed by atoms with Crippen molar-refractivity contribution in [3.8, 4) is 5.75 Å². The highest BCUT2D eigenvalue weighted by atomic mass is 35.5. The van der Waals surface area contributed by atoms with Gasteiger partial charge in [0.2, 0.25) is 0 Å². The molecule has 1 aliphatic heterocycles. The Morgan fingerprint density at radius 2 is 2.10 bits per heavy atom. The van der Waals surface area contributed by atoms with Crippen LogP contribution in [0.5, 0.6) is 5.75 Å². The predicted octanol–water partition coefficient (Wildman–Crippen LogP) is 3.01. The van der Waals surface area contributed by atoms with E-state index in [-0.39, 0.29) is 0 Å². The van der Waals surface area contributed by atoms with Gasteiger partial charge in [-0.1, -0.05) is 24.1 Å². The molecule has 7 nitrogen and oxygen atoms in total. The molecule has 0 saturated carbocycles. The molecule has 3 rings (SSSR count). The Bertz CT molecular complexity index is 819. The van der Waals surface area contributed by atoms with Gasteiger partial charge in [-0.25, -0.2) is 0 Å². The number of aryl methyl sites for hydroxylation is 1. The zero-order valence-corrected chi connectivity index (χ0v) is 18.1. The molecule has 8 heteroatoms. The maximum Gasteiger partial charge on any atom is 0.191 e. The highest BCUT2D eigenvalue weighted by Crippen LogP contribution is 2.22. The van der Waals surface area contributed by atoms with E-state index in [0.717, 1.165) is 72.8 Å². The fourth-order valence-electron chi connectivity index (χ4n) is 3.51. The average molecular weight is 419 g/mol. The molecular formula is C21H31ClN6O. The van der Waals surface area contributed by atoms with E-state index >= 15 is 0 Å². The first kappa shape index (κ1) is 21.4. The molecule has 1 aromatic heterocycles. The summed E-state index contributed by atoms with van der Waals surface area (Å²) in [7, 11) is 1.64. The molecule has 1 aliphatic rings. The lowest BCUT2D eigenvalue weighted by Gasteiger charge is -2.12. The van der Waals surface area contributed by atoms with Crippen LogP contribution in [0.4, 0.5) is 0 Å². The number of methoxy groups -OCH3 is 1. The highest BCUT2D eigenvalue weighted by molar-refractivity contribution is 6.31. The van der Waals surface area contributed by atoms with Crippen molar-refractivity contribution >= 4 is 17.6 Å².